The largest absolute Gasteiger partial charge is 0.352 e. The summed E-state index contributed by atoms with van der Waals surface area (Å²) < 4.78 is 0. The minimum atomic E-state index is -0.156. The van der Waals surface area contributed by atoms with Crippen molar-refractivity contribution < 1.29 is 4.79 Å². The van der Waals surface area contributed by atoms with E-state index in [0.29, 0.717) is 24.0 Å². The average Bonchev–Trinajstić information content (AvgIpc) is 3.10. The van der Waals surface area contributed by atoms with Crippen LogP contribution in [0.25, 0.3) is 0 Å². The first kappa shape index (κ1) is 17.9. The number of hydrazine groups is 1. The number of hydrogen-bond donors (Lipinski definition) is 3. The van der Waals surface area contributed by atoms with Crippen LogP contribution in [-0.2, 0) is 11.3 Å². The first-order valence-electron chi connectivity index (χ1n) is 8.65. The second-order valence-corrected chi connectivity index (χ2v) is 7.21. The van der Waals surface area contributed by atoms with E-state index < -0.39 is 0 Å². The molecule has 0 radical (unpaired) electrons. The maximum atomic E-state index is 12.6. The molecule has 1 aliphatic rings. The van der Waals surface area contributed by atoms with Crippen molar-refractivity contribution in [2.75, 3.05) is 6.54 Å². The average molecular weight is 358 g/mol. The number of benzene rings is 2. The zero-order valence-corrected chi connectivity index (χ0v) is 15.3. The summed E-state index contributed by atoms with van der Waals surface area (Å²) >= 11 is 5.95. The van der Waals surface area contributed by atoms with Crippen molar-refractivity contribution in [2.45, 2.75) is 32.4 Å². The molecule has 3 N–H and O–H groups in total. The molecule has 0 saturated carbocycles. The van der Waals surface area contributed by atoms with E-state index in [9.17, 15) is 4.79 Å². The van der Waals surface area contributed by atoms with Gasteiger partial charge in [-0.05, 0) is 34.7 Å². The predicted molar refractivity (Wildman–Crippen MR) is 101 cm³/mol. The summed E-state index contributed by atoms with van der Waals surface area (Å²) in [4.78, 5) is 12.6. The van der Waals surface area contributed by atoms with Crippen molar-refractivity contribution in [1.29, 1.82) is 0 Å². The Kier molecular flexibility index (Phi) is 5.74. The van der Waals surface area contributed by atoms with Gasteiger partial charge in [-0.3, -0.25) is 10.2 Å². The Bertz CT molecular complexity index is 713. The molecule has 0 aliphatic carbocycles. The molecule has 1 fully saturated rings. The SMILES string of the molecule is CC(C)c1ccc(CNC(=O)C2CNNC2c2ccc(Cl)cc2)cc1. The standard InChI is InChI=1S/C20H24ClN3O/c1-13(2)15-5-3-14(4-6-15)11-22-20(25)18-12-23-24-19(18)16-7-9-17(21)10-8-16/h3-10,13,18-19,23-24H,11-12H2,1-2H3,(H,22,25). The Labute approximate surface area is 153 Å². The fraction of sp³-hybridized carbons (Fsp3) is 0.350. The van der Waals surface area contributed by atoms with Gasteiger partial charge >= 0.3 is 0 Å². The second-order valence-electron chi connectivity index (χ2n) is 6.78. The first-order chi connectivity index (χ1) is 12.0. The second kappa shape index (κ2) is 8.00. The monoisotopic (exact) mass is 357 g/mol. The third kappa shape index (κ3) is 4.40. The molecule has 2 aromatic carbocycles. The number of carbonyl (C=O) groups excluding carboxylic acids is 1. The highest BCUT2D eigenvalue weighted by Gasteiger charge is 2.33. The number of rotatable bonds is 5. The number of halogens is 1. The maximum Gasteiger partial charge on any atom is 0.226 e. The van der Waals surface area contributed by atoms with E-state index in [1.807, 2.05) is 24.3 Å². The van der Waals surface area contributed by atoms with E-state index in [2.05, 4.69) is 54.3 Å². The lowest BCUT2D eigenvalue weighted by Gasteiger charge is -2.18. The molecule has 1 heterocycles. The topological polar surface area (TPSA) is 53.2 Å². The predicted octanol–water partition coefficient (Wildman–Crippen LogP) is 3.54. The molecule has 1 amide bonds. The van der Waals surface area contributed by atoms with Crippen molar-refractivity contribution in [3.05, 3.63) is 70.2 Å². The Morgan fingerprint density at radius 1 is 1.16 bits per heavy atom. The van der Waals surface area contributed by atoms with Gasteiger partial charge in [0.1, 0.15) is 0 Å². The van der Waals surface area contributed by atoms with E-state index in [1.165, 1.54) is 5.56 Å². The van der Waals surface area contributed by atoms with Gasteiger partial charge in [-0.2, -0.15) is 0 Å². The van der Waals surface area contributed by atoms with Gasteiger partial charge in [0.05, 0.1) is 12.0 Å². The van der Waals surface area contributed by atoms with Crippen LogP contribution >= 0.6 is 11.6 Å². The molecule has 2 unspecified atom stereocenters. The summed E-state index contributed by atoms with van der Waals surface area (Å²) in [6, 6.07) is 16.0. The Morgan fingerprint density at radius 2 is 1.84 bits per heavy atom. The van der Waals surface area contributed by atoms with Gasteiger partial charge in [-0.25, -0.2) is 5.43 Å². The lowest BCUT2D eigenvalue weighted by atomic mass is 9.94. The van der Waals surface area contributed by atoms with Crippen LogP contribution in [0.5, 0.6) is 0 Å². The molecule has 3 rings (SSSR count). The van der Waals surface area contributed by atoms with E-state index in [1.54, 1.807) is 0 Å². The maximum absolute atomic E-state index is 12.6. The van der Waals surface area contributed by atoms with E-state index in [4.69, 9.17) is 11.6 Å². The summed E-state index contributed by atoms with van der Waals surface area (Å²) in [5, 5.41) is 3.75. The van der Waals surface area contributed by atoms with E-state index in [0.717, 1.165) is 11.1 Å². The number of nitrogens with one attached hydrogen (secondary N) is 3. The van der Waals surface area contributed by atoms with E-state index >= 15 is 0 Å². The fourth-order valence-electron chi connectivity index (χ4n) is 3.07. The lowest BCUT2D eigenvalue weighted by molar-refractivity contribution is -0.125. The fourth-order valence-corrected chi connectivity index (χ4v) is 3.19. The van der Waals surface area contributed by atoms with Gasteiger partial charge in [-0.1, -0.05) is 61.8 Å². The minimum Gasteiger partial charge on any atom is -0.352 e. The van der Waals surface area contributed by atoms with Gasteiger partial charge in [0.15, 0.2) is 0 Å². The Morgan fingerprint density at radius 3 is 2.48 bits per heavy atom. The van der Waals surface area contributed by atoms with Gasteiger partial charge in [0, 0.05) is 18.1 Å². The number of hydrogen-bond acceptors (Lipinski definition) is 3. The van der Waals surface area contributed by atoms with E-state index in [-0.39, 0.29) is 17.9 Å². The Balaban J connectivity index is 1.61. The number of carbonyl (C=O) groups is 1. The highest BCUT2D eigenvalue weighted by molar-refractivity contribution is 6.30. The molecule has 132 valence electrons. The summed E-state index contributed by atoms with van der Waals surface area (Å²) in [7, 11) is 0. The van der Waals surface area contributed by atoms with Crippen LogP contribution in [0, 0.1) is 5.92 Å². The highest BCUT2D eigenvalue weighted by atomic mass is 35.5. The molecular formula is C20H24ClN3O. The molecule has 0 aromatic heterocycles. The van der Waals surface area contributed by atoms with Gasteiger partial charge in [0.2, 0.25) is 5.91 Å². The van der Waals surface area contributed by atoms with Gasteiger partial charge in [0.25, 0.3) is 0 Å². The minimum absolute atomic E-state index is 0.0467. The smallest absolute Gasteiger partial charge is 0.226 e. The van der Waals surface area contributed by atoms with Crippen LogP contribution in [0.1, 0.15) is 42.5 Å². The molecule has 0 spiro atoms. The summed E-state index contributed by atoms with van der Waals surface area (Å²) in [6.45, 7) is 5.49. The summed E-state index contributed by atoms with van der Waals surface area (Å²) in [6.07, 6.45) is 0. The molecule has 0 bridgehead atoms. The van der Waals surface area contributed by atoms with Gasteiger partial charge < -0.3 is 5.32 Å². The van der Waals surface area contributed by atoms with Crippen molar-refractivity contribution in [2.24, 2.45) is 5.92 Å². The summed E-state index contributed by atoms with van der Waals surface area (Å²) in [5.74, 6) is 0.404. The molecule has 4 nitrogen and oxygen atoms in total. The number of amides is 1. The van der Waals surface area contributed by atoms with Crippen LogP contribution in [0.4, 0.5) is 0 Å². The van der Waals surface area contributed by atoms with Crippen molar-refractivity contribution in [1.82, 2.24) is 16.2 Å². The Hall–Kier alpha value is -1.88. The van der Waals surface area contributed by atoms with Crippen molar-refractivity contribution in [3.63, 3.8) is 0 Å². The van der Waals surface area contributed by atoms with Crippen molar-refractivity contribution in [3.8, 4) is 0 Å². The molecule has 5 heteroatoms. The van der Waals surface area contributed by atoms with Crippen LogP contribution in [0.3, 0.4) is 0 Å². The third-order valence-electron chi connectivity index (χ3n) is 4.66. The molecule has 1 saturated heterocycles. The first-order valence-corrected chi connectivity index (χ1v) is 9.03. The molecule has 2 atom stereocenters. The quantitative estimate of drug-likeness (QED) is 0.767. The van der Waals surface area contributed by atoms with Crippen LogP contribution in [0.2, 0.25) is 5.02 Å². The molecular weight excluding hydrogens is 334 g/mol. The molecule has 1 aliphatic heterocycles. The van der Waals surface area contributed by atoms with Gasteiger partial charge in [-0.15, -0.1) is 0 Å². The molecule has 2 aromatic rings. The molecule has 25 heavy (non-hydrogen) atoms. The lowest BCUT2D eigenvalue weighted by Crippen LogP contribution is -2.34. The third-order valence-corrected chi connectivity index (χ3v) is 4.91. The highest BCUT2D eigenvalue weighted by Crippen LogP contribution is 2.26. The normalized spacial score (nSPS) is 20.0. The zero-order chi connectivity index (χ0) is 17.8. The van der Waals surface area contributed by atoms with Crippen LogP contribution in [0.15, 0.2) is 48.5 Å². The zero-order valence-electron chi connectivity index (χ0n) is 14.6. The van der Waals surface area contributed by atoms with Crippen LogP contribution in [-0.4, -0.2) is 12.5 Å². The van der Waals surface area contributed by atoms with Crippen molar-refractivity contribution >= 4 is 17.5 Å². The summed E-state index contributed by atoms with van der Waals surface area (Å²) in [5.41, 5.74) is 9.75. The van der Waals surface area contributed by atoms with Crippen LogP contribution < -0.4 is 16.2 Å².